The number of hydrogen-bond donors (Lipinski definition) is 4. The van der Waals surface area contributed by atoms with Crippen molar-refractivity contribution >= 4 is 23.2 Å². The predicted octanol–water partition coefficient (Wildman–Crippen LogP) is 2.89. The van der Waals surface area contributed by atoms with Crippen molar-refractivity contribution in [3.8, 4) is 5.75 Å². The smallest absolute Gasteiger partial charge is 0.266 e. The van der Waals surface area contributed by atoms with Gasteiger partial charge in [-0.3, -0.25) is 9.59 Å². The molecule has 2 aromatic rings. The molecule has 2 rings (SSSR count). The number of phenols is 1. The molecule has 6 nitrogen and oxygen atoms in total. The molecule has 0 aliphatic rings. The van der Waals surface area contributed by atoms with E-state index in [9.17, 15) is 19.8 Å². The van der Waals surface area contributed by atoms with E-state index in [1.54, 1.807) is 30.3 Å². The van der Waals surface area contributed by atoms with Crippen LogP contribution >= 0.6 is 0 Å². The summed E-state index contributed by atoms with van der Waals surface area (Å²) in [6.45, 7) is 1.91. The first-order valence-corrected chi connectivity index (χ1v) is 8.15. The second kappa shape index (κ2) is 8.30. The number of hydrogen-bond acceptors (Lipinski definition) is 4. The van der Waals surface area contributed by atoms with Crippen LogP contribution in [0.1, 0.15) is 26.2 Å². The Morgan fingerprint density at radius 1 is 0.920 bits per heavy atom. The highest BCUT2D eigenvalue weighted by atomic mass is 16.3. The highest BCUT2D eigenvalue weighted by Crippen LogP contribution is 2.21. The summed E-state index contributed by atoms with van der Waals surface area (Å²) in [6.07, 6.45) is 1.25. The number of phenolic OH excluding ortho intramolecular Hbond substituents is 1. The number of anilines is 2. The van der Waals surface area contributed by atoms with Gasteiger partial charge in [-0.25, -0.2) is 0 Å². The normalized spacial score (nSPS) is 12.9. The molecule has 132 valence electrons. The molecule has 0 spiro atoms. The zero-order chi connectivity index (χ0) is 18.3. The number of carbonyl (C=O) groups is 2. The van der Waals surface area contributed by atoms with Gasteiger partial charge in [0.05, 0.1) is 0 Å². The van der Waals surface area contributed by atoms with Crippen molar-refractivity contribution in [3.05, 3.63) is 54.6 Å². The van der Waals surface area contributed by atoms with Crippen molar-refractivity contribution < 1.29 is 19.8 Å². The first kappa shape index (κ1) is 18.5. The van der Waals surface area contributed by atoms with Gasteiger partial charge < -0.3 is 20.8 Å². The third kappa shape index (κ3) is 4.81. The Bertz CT molecular complexity index is 716. The third-order valence-electron chi connectivity index (χ3n) is 3.80. The fourth-order valence-electron chi connectivity index (χ4n) is 2.30. The molecule has 0 bridgehead atoms. The molecule has 0 heterocycles. The molecule has 1 unspecified atom stereocenters. The largest absolute Gasteiger partial charge is 0.508 e. The van der Waals surface area contributed by atoms with E-state index in [-0.39, 0.29) is 12.2 Å². The number of benzene rings is 2. The van der Waals surface area contributed by atoms with E-state index >= 15 is 0 Å². The number of carbonyl (C=O) groups excluding carboxylic acids is 2. The van der Waals surface area contributed by atoms with Crippen LogP contribution in [0.15, 0.2) is 54.6 Å². The average molecular weight is 342 g/mol. The summed E-state index contributed by atoms with van der Waals surface area (Å²) < 4.78 is 0. The maximum atomic E-state index is 12.6. The van der Waals surface area contributed by atoms with Crippen molar-refractivity contribution in [2.75, 3.05) is 10.6 Å². The van der Waals surface area contributed by atoms with Crippen molar-refractivity contribution in [1.29, 1.82) is 0 Å². The lowest BCUT2D eigenvalue weighted by atomic mass is 9.94. The molecule has 0 aliphatic heterocycles. The molecule has 6 heteroatoms. The van der Waals surface area contributed by atoms with Crippen LogP contribution in [-0.4, -0.2) is 27.6 Å². The summed E-state index contributed by atoms with van der Waals surface area (Å²) in [5.74, 6) is -1.52. The zero-order valence-electron chi connectivity index (χ0n) is 14.0. The van der Waals surface area contributed by atoms with Crippen LogP contribution in [0, 0.1) is 0 Å². The van der Waals surface area contributed by atoms with E-state index in [1.165, 1.54) is 24.3 Å². The minimum absolute atomic E-state index is 0.00604. The molecule has 1 atom stereocenters. The van der Waals surface area contributed by atoms with Gasteiger partial charge in [0.25, 0.3) is 11.8 Å². The molecule has 0 aromatic heterocycles. The SMILES string of the molecule is CCCCC(O)(C(=O)Nc1ccccc1)C(=O)Nc1ccc(O)cc1. The fourth-order valence-corrected chi connectivity index (χ4v) is 2.30. The van der Waals surface area contributed by atoms with Crippen molar-refractivity contribution in [1.82, 2.24) is 0 Å². The Kier molecular flexibility index (Phi) is 6.14. The Balaban J connectivity index is 2.18. The number of rotatable bonds is 7. The van der Waals surface area contributed by atoms with Gasteiger partial charge in [0.2, 0.25) is 5.60 Å². The molecule has 2 aromatic carbocycles. The van der Waals surface area contributed by atoms with Crippen molar-refractivity contribution in [2.24, 2.45) is 0 Å². The molecule has 25 heavy (non-hydrogen) atoms. The molecule has 0 saturated heterocycles. The standard InChI is InChI=1S/C19H22N2O4/c1-2-3-13-19(25,17(23)20-14-7-5-4-6-8-14)18(24)21-15-9-11-16(22)12-10-15/h4-12,22,25H,2-3,13H2,1H3,(H,20,23)(H,21,24). The Hall–Kier alpha value is -2.86. The van der Waals surface area contributed by atoms with Crippen LogP contribution in [-0.2, 0) is 9.59 Å². The van der Waals surface area contributed by atoms with Crippen LogP contribution in [0.4, 0.5) is 11.4 Å². The monoisotopic (exact) mass is 342 g/mol. The minimum Gasteiger partial charge on any atom is -0.508 e. The van der Waals surface area contributed by atoms with E-state index in [1.807, 2.05) is 6.92 Å². The zero-order valence-corrected chi connectivity index (χ0v) is 14.0. The van der Waals surface area contributed by atoms with Crippen molar-refractivity contribution in [3.63, 3.8) is 0 Å². The summed E-state index contributed by atoms with van der Waals surface area (Å²) in [5.41, 5.74) is -1.31. The molecule has 0 radical (unpaired) electrons. The van der Waals surface area contributed by atoms with E-state index in [0.29, 0.717) is 17.8 Å². The highest BCUT2D eigenvalue weighted by Gasteiger charge is 2.43. The highest BCUT2D eigenvalue weighted by molar-refractivity contribution is 6.17. The Morgan fingerprint density at radius 3 is 1.96 bits per heavy atom. The van der Waals surface area contributed by atoms with Crippen LogP contribution in [0.3, 0.4) is 0 Å². The first-order chi connectivity index (χ1) is 12.0. The lowest BCUT2D eigenvalue weighted by Gasteiger charge is -2.26. The summed E-state index contributed by atoms with van der Waals surface area (Å²) in [6, 6.07) is 14.4. The lowest BCUT2D eigenvalue weighted by Crippen LogP contribution is -2.52. The predicted molar refractivity (Wildman–Crippen MR) is 96.3 cm³/mol. The first-order valence-electron chi connectivity index (χ1n) is 8.15. The molecule has 0 aliphatic carbocycles. The maximum Gasteiger partial charge on any atom is 0.266 e. The Morgan fingerprint density at radius 2 is 1.44 bits per heavy atom. The number of aliphatic hydroxyl groups is 1. The van der Waals surface area contributed by atoms with Gasteiger partial charge in [-0.2, -0.15) is 0 Å². The average Bonchev–Trinajstić information content (AvgIpc) is 2.62. The van der Waals surface area contributed by atoms with Gasteiger partial charge in [-0.05, 0) is 49.2 Å². The van der Waals surface area contributed by atoms with Gasteiger partial charge in [0.1, 0.15) is 5.75 Å². The summed E-state index contributed by atoms with van der Waals surface area (Å²) in [5, 5.41) is 25.2. The van der Waals surface area contributed by atoms with Crippen LogP contribution in [0.2, 0.25) is 0 Å². The van der Waals surface area contributed by atoms with E-state index in [2.05, 4.69) is 10.6 Å². The molecule has 2 amide bonds. The number of nitrogens with one attached hydrogen (secondary N) is 2. The number of amides is 2. The van der Waals surface area contributed by atoms with Crippen LogP contribution in [0.25, 0.3) is 0 Å². The van der Waals surface area contributed by atoms with Gasteiger partial charge in [-0.15, -0.1) is 0 Å². The van der Waals surface area contributed by atoms with Crippen molar-refractivity contribution in [2.45, 2.75) is 31.8 Å². The maximum absolute atomic E-state index is 12.6. The van der Waals surface area contributed by atoms with Gasteiger partial charge in [0.15, 0.2) is 0 Å². The number of para-hydroxylation sites is 1. The van der Waals surface area contributed by atoms with E-state index < -0.39 is 17.4 Å². The lowest BCUT2D eigenvalue weighted by molar-refractivity contribution is -0.147. The molecule has 0 saturated carbocycles. The second-order valence-corrected chi connectivity index (χ2v) is 5.78. The number of aromatic hydroxyl groups is 1. The Labute approximate surface area is 146 Å². The molecule has 0 fully saturated rings. The van der Waals surface area contributed by atoms with E-state index in [4.69, 9.17) is 0 Å². The summed E-state index contributed by atoms with van der Waals surface area (Å²) in [7, 11) is 0. The van der Waals surface area contributed by atoms with E-state index in [0.717, 1.165) is 6.42 Å². The summed E-state index contributed by atoms with van der Waals surface area (Å²) in [4.78, 5) is 25.1. The molecule has 4 N–H and O–H groups in total. The fraction of sp³-hybridized carbons (Fsp3) is 0.263. The van der Waals surface area contributed by atoms with Gasteiger partial charge >= 0.3 is 0 Å². The minimum atomic E-state index is -2.19. The number of unbranched alkanes of at least 4 members (excludes halogenated alkanes) is 1. The molecular weight excluding hydrogens is 320 g/mol. The molecular formula is C19H22N2O4. The second-order valence-electron chi connectivity index (χ2n) is 5.78. The van der Waals surface area contributed by atoms with Gasteiger partial charge in [-0.1, -0.05) is 31.5 Å². The van der Waals surface area contributed by atoms with Crippen LogP contribution in [0.5, 0.6) is 5.75 Å². The van der Waals surface area contributed by atoms with Gasteiger partial charge in [0, 0.05) is 11.4 Å². The van der Waals surface area contributed by atoms with Crippen LogP contribution < -0.4 is 10.6 Å². The topological polar surface area (TPSA) is 98.7 Å². The summed E-state index contributed by atoms with van der Waals surface area (Å²) >= 11 is 0. The third-order valence-corrected chi connectivity index (χ3v) is 3.80. The quantitative estimate of drug-likeness (QED) is 0.459.